The molecule has 0 spiro atoms. The first kappa shape index (κ1) is 17.7. The van der Waals surface area contributed by atoms with Gasteiger partial charge in [0.05, 0.1) is 35.2 Å². The number of aromatic nitrogens is 2. The molecule has 4 atom stereocenters. The number of nitrogens with one attached hydrogen (secondary N) is 1. The Balaban J connectivity index is 1.41. The van der Waals surface area contributed by atoms with Crippen LogP contribution in [0.15, 0.2) is 35.7 Å². The van der Waals surface area contributed by atoms with E-state index in [0.717, 1.165) is 21.5 Å². The summed E-state index contributed by atoms with van der Waals surface area (Å²) >= 11 is 1.59. The van der Waals surface area contributed by atoms with E-state index in [0.29, 0.717) is 18.0 Å². The zero-order valence-electron chi connectivity index (χ0n) is 15.2. The molecule has 4 heterocycles. The molecule has 28 heavy (non-hydrogen) atoms. The fourth-order valence-corrected chi connectivity index (χ4v) is 4.68. The zero-order valence-corrected chi connectivity index (χ0v) is 16.0. The Morgan fingerprint density at radius 1 is 1.21 bits per heavy atom. The highest BCUT2D eigenvalue weighted by Gasteiger charge is 2.47. The Morgan fingerprint density at radius 2 is 2.07 bits per heavy atom. The summed E-state index contributed by atoms with van der Waals surface area (Å²) in [6, 6.07) is 9.11. The van der Waals surface area contributed by atoms with Crippen molar-refractivity contribution in [2.45, 2.75) is 31.3 Å². The maximum Gasteiger partial charge on any atom is 0.251 e. The van der Waals surface area contributed by atoms with Crippen LogP contribution >= 0.6 is 11.3 Å². The number of aryl methyl sites for hydroxylation is 1. The number of benzene rings is 1. The second-order valence-electron chi connectivity index (χ2n) is 7.08. The van der Waals surface area contributed by atoms with Gasteiger partial charge >= 0.3 is 0 Å². The van der Waals surface area contributed by atoms with Crippen LogP contribution in [0.5, 0.6) is 0 Å². The van der Waals surface area contributed by atoms with Crippen LogP contribution < -0.4 is 5.32 Å². The number of thiophene rings is 1. The van der Waals surface area contributed by atoms with Crippen molar-refractivity contribution in [3.8, 4) is 11.3 Å². The number of aliphatic hydroxyl groups excluding tert-OH is 1. The van der Waals surface area contributed by atoms with Crippen molar-refractivity contribution in [2.75, 3.05) is 13.2 Å². The number of hydrogen-bond donors (Lipinski definition) is 2. The smallest absolute Gasteiger partial charge is 0.251 e. The first-order chi connectivity index (χ1) is 13.6. The minimum Gasteiger partial charge on any atom is -0.388 e. The van der Waals surface area contributed by atoms with Gasteiger partial charge in [-0.05, 0) is 30.5 Å². The zero-order chi connectivity index (χ0) is 19.3. The quantitative estimate of drug-likeness (QED) is 0.701. The highest BCUT2D eigenvalue weighted by molar-refractivity contribution is 7.17. The van der Waals surface area contributed by atoms with Crippen molar-refractivity contribution >= 4 is 27.5 Å². The third-order valence-corrected chi connectivity index (χ3v) is 6.07. The lowest BCUT2D eigenvalue weighted by Gasteiger charge is -2.17. The molecule has 0 saturated carbocycles. The van der Waals surface area contributed by atoms with Gasteiger partial charge in [0, 0.05) is 11.1 Å². The van der Waals surface area contributed by atoms with Crippen molar-refractivity contribution < 1.29 is 19.4 Å². The van der Waals surface area contributed by atoms with Crippen LogP contribution in [0.25, 0.3) is 21.5 Å². The Bertz CT molecular complexity index is 1050. The summed E-state index contributed by atoms with van der Waals surface area (Å²) in [7, 11) is 0. The Labute approximate surface area is 165 Å². The van der Waals surface area contributed by atoms with Gasteiger partial charge in [-0.25, -0.2) is 9.97 Å². The molecule has 7 nitrogen and oxygen atoms in total. The molecule has 0 unspecified atom stereocenters. The second-order valence-corrected chi connectivity index (χ2v) is 7.99. The molecule has 0 aliphatic carbocycles. The Hall–Kier alpha value is -2.39. The molecule has 5 rings (SSSR count). The lowest BCUT2D eigenvalue weighted by Crippen LogP contribution is -2.44. The van der Waals surface area contributed by atoms with Gasteiger partial charge < -0.3 is 19.9 Å². The molecular weight excluding hydrogens is 378 g/mol. The normalized spacial score (nSPS) is 26.5. The molecule has 2 aliphatic rings. The number of fused-ring (bicyclic) bond motifs is 2. The van der Waals surface area contributed by atoms with Crippen LogP contribution in [-0.2, 0) is 9.47 Å². The highest BCUT2D eigenvalue weighted by atomic mass is 32.1. The molecule has 2 aliphatic heterocycles. The van der Waals surface area contributed by atoms with E-state index in [4.69, 9.17) is 9.47 Å². The van der Waals surface area contributed by atoms with Crippen molar-refractivity contribution in [1.29, 1.82) is 0 Å². The van der Waals surface area contributed by atoms with Gasteiger partial charge in [0.2, 0.25) is 0 Å². The lowest BCUT2D eigenvalue weighted by molar-refractivity contribution is 0.0178. The molecule has 2 saturated heterocycles. The minimum atomic E-state index is -0.635. The molecule has 1 amide bonds. The Kier molecular flexibility index (Phi) is 4.36. The van der Waals surface area contributed by atoms with Crippen LogP contribution in [-0.4, -0.2) is 58.5 Å². The summed E-state index contributed by atoms with van der Waals surface area (Å²) in [5, 5.41) is 14.8. The summed E-state index contributed by atoms with van der Waals surface area (Å²) in [5.74, 6) is 0.496. The number of amides is 1. The van der Waals surface area contributed by atoms with Crippen molar-refractivity contribution in [2.24, 2.45) is 0 Å². The summed E-state index contributed by atoms with van der Waals surface area (Å²) in [5.41, 5.74) is 3.16. The maximum atomic E-state index is 12.8. The standard InChI is InChI=1S/C20H19N3O4S/c1-10-21-13-5-6-28-19(13)16(22-10)11-3-2-4-12(7-11)20(25)23-14-8-26-18-15(24)9-27-17(14)18/h2-7,14-15,17-18,24H,8-9H2,1H3,(H,23,25)/t14-,15-,17-,18-/m1/s1. The summed E-state index contributed by atoms with van der Waals surface area (Å²) in [6.07, 6.45) is -1.31. The number of hydrogen-bond acceptors (Lipinski definition) is 7. The molecule has 2 aromatic heterocycles. The lowest BCUT2D eigenvalue weighted by atomic mass is 10.0. The average molecular weight is 397 g/mol. The van der Waals surface area contributed by atoms with Gasteiger partial charge in [-0.2, -0.15) is 0 Å². The average Bonchev–Trinajstić information content (AvgIpc) is 3.40. The van der Waals surface area contributed by atoms with Crippen molar-refractivity contribution in [3.63, 3.8) is 0 Å². The first-order valence-corrected chi connectivity index (χ1v) is 10.0. The van der Waals surface area contributed by atoms with E-state index in [9.17, 15) is 9.90 Å². The van der Waals surface area contributed by atoms with E-state index in [1.54, 1.807) is 17.4 Å². The van der Waals surface area contributed by atoms with E-state index in [-0.39, 0.29) is 30.8 Å². The number of rotatable bonds is 3. The van der Waals surface area contributed by atoms with Gasteiger partial charge in [0.15, 0.2) is 0 Å². The van der Waals surface area contributed by atoms with Gasteiger partial charge in [-0.1, -0.05) is 12.1 Å². The molecule has 2 N–H and O–H groups in total. The summed E-state index contributed by atoms with van der Waals surface area (Å²) < 4.78 is 12.2. The van der Waals surface area contributed by atoms with Crippen LogP contribution in [0.4, 0.5) is 0 Å². The predicted octanol–water partition coefficient (Wildman–Crippen LogP) is 1.92. The highest BCUT2D eigenvalue weighted by Crippen LogP contribution is 2.31. The number of nitrogens with zero attached hydrogens (tertiary/aromatic N) is 2. The molecule has 1 aromatic carbocycles. The van der Waals surface area contributed by atoms with Crippen molar-refractivity contribution in [1.82, 2.24) is 15.3 Å². The van der Waals surface area contributed by atoms with E-state index >= 15 is 0 Å². The largest absolute Gasteiger partial charge is 0.388 e. The molecule has 0 radical (unpaired) electrons. The molecular formula is C20H19N3O4S. The van der Waals surface area contributed by atoms with Gasteiger partial charge in [-0.3, -0.25) is 4.79 Å². The monoisotopic (exact) mass is 397 g/mol. The fourth-order valence-electron chi connectivity index (χ4n) is 3.84. The Morgan fingerprint density at radius 3 is 2.96 bits per heavy atom. The fraction of sp³-hybridized carbons (Fsp3) is 0.350. The predicted molar refractivity (Wildman–Crippen MR) is 104 cm³/mol. The van der Waals surface area contributed by atoms with Crippen LogP contribution in [0.3, 0.4) is 0 Å². The van der Waals surface area contributed by atoms with Gasteiger partial charge in [-0.15, -0.1) is 11.3 Å². The van der Waals surface area contributed by atoms with Crippen LogP contribution in [0.1, 0.15) is 16.2 Å². The first-order valence-electron chi connectivity index (χ1n) is 9.14. The van der Waals surface area contributed by atoms with Gasteiger partial charge in [0.1, 0.15) is 24.1 Å². The number of carbonyl (C=O) groups excluding carboxylic acids is 1. The molecule has 144 valence electrons. The van der Waals surface area contributed by atoms with Gasteiger partial charge in [0.25, 0.3) is 5.91 Å². The topological polar surface area (TPSA) is 93.6 Å². The molecule has 2 fully saturated rings. The molecule has 8 heteroatoms. The number of carbonyl (C=O) groups is 1. The number of aliphatic hydroxyl groups is 1. The van der Waals surface area contributed by atoms with E-state index < -0.39 is 6.10 Å². The van der Waals surface area contributed by atoms with Crippen LogP contribution in [0, 0.1) is 6.92 Å². The van der Waals surface area contributed by atoms with Crippen molar-refractivity contribution in [3.05, 3.63) is 47.1 Å². The third-order valence-electron chi connectivity index (χ3n) is 5.16. The third kappa shape index (κ3) is 2.98. The summed E-state index contributed by atoms with van der Waals surface area (Å²) in [4.78, 5) is 21.9. The van der Waals surface area contributed by atoms with E-state index in [1.165, 1.54) is 0 Å². The second kappa shape index (κ2) is 6.89. The SMILES string of the molecule is Cc1nc(-c2cccc(C(=O)N[C@@H]3CO[C@H]4[C@@H]3OC[C@H]4O)c2)c2sccc2n1. The molecule has 3 aromatic rings. The van der Waals surface area contributed by atoms with E-state index in [2.05, 4.69) is 15.3 Å². The molecule has 0 bridgehead atoms. The number of ether oxygens (including phenoxy) is 2. The summed E-state index contributed by atoms with van der Waals surface area (Å²) in [6.45, 7) is 2.43. The van der Waals surface area contributed by atoms with E-state index in [1.807, 2.05) is 36.6 Å². The minimum absolute atomic E-state index is 0.200. The maximum absolute atomic E-state index is 12.8. The van der Waals surface area contributed by atoms with Crippen LogP contribution in [0.2, 0.25) is 0 Å².